The Morgan fingerprint density at radius 3 is 3.12 bits per heavy atom. The Bertz CT molecular complexity index is 607. The molecule has 3 rings (SSSR count). The number of benzene rings is 1. The van der Waals surface area contributed by atoms with Crippen molar-refractivity contribution < 1.29 is 9.47 Å². The van der Waals surface area contributed by atoms with E-state index in [1.165, 1.54) is 24.9 Å². The van der Waals surface area contributed by atoms with E-state index in [0.29, 0.717) is 12.6 Å². The van der Waals surface area contributed by atoms with E-state index in [4.69, 9.17) is 9.47 Å². The van der Waals surface area contributed by atoms with Gasteiger partial charge in [-0.2, -0.15) is 0 Å². The largest absolute Gasteiger partial charge is 0.489 e. The molecule has 2 aliphatic rings. The molecule has 6 heteroatoms. The number of aryl methyl sites for hydroxylation is 1. The highest BCUT2D eigenvalue weighted by atomic mass is 16.5. The lowest BCUT2D eigenvalue weighted by molar-refractivity contribution is -0.0453. The minimum Gasteiger partial charge on any atom is -0.489 e. The standard InChI is InChI=1S/C20H32N4O2/c1-15-6-4-8-18(10-15)26-16(2)11-22-20(21-3)23-12-19-13-24-9-5-7-17(24)14-25-19/h4,6,8,10,16-17,19H,5,7,9,11-14H2,1-3H3,(H2,21,22,23). The van der Waals surface area contributed by atoms with Gasteiger partial charge in [-0.3, -0.25) is 9.89 Å². The van der Waals surface area contributed by atoms with Gasteiger partial charge in [0.2, 0.25) is 0 Å². The minimum atomic E-state index is 0.0478. The summed E-state index contributed by atoms with van der Waals surface area (Å²) in [5.41, 5.74) is 1.20. The quantitative estimate of drug-likeness (QED) is 0.598. The van der Waals surface area contributed by atoms with E-state index in [1.807, 2.05) is 12.1 Å². The van der Waals surface area contributed by atoms with Crippen LogP contribution in [0.3, 0.4) is 0 Å². The zero-order valence-corrected chi connectivity index (χ0v) is 16.2. The molecule has 2 fully saturated rings. The van der Waals surface area contributed by atoms with Crippen molar-refractivity contribution in [2.45, 2.75) is 44.9 Å². The summed E-state index contributed by atoms with van der Waals surface area (Å²) in [7, 11) is 1.79. The smallest absolute Gasteiger partial charge is 0.191 e. The van der Waals surface area contributed by atoms with Gasteiger partial charge in [0.1, 0.15) is 11.9 Å². The Kier molecular flexibility index (Phi) is 6.74. The molecular weight excluding hydrogens is 328 g/mol. The average molecular weight is 361 g/mol. The molecule has 2 N–H and O–H groups in total. The lowest BCUT2D eigenvalue weighted by Gasteiger charge is -2.35. The van der Waals surface area contributed by atoms with Gasteiger partial charge in [-0.1, -0.05) is 12.1 Å². The molecule has 6 nitrogen and oxygen atoms in total. The average Bonchev–Trinajstić information content (AvgIpc) is 3.09. The lowest BCUT2D eigenvalue weighted by Crippen LogP contribution is -2.51. The Morgan fingerprint density at radius 2 is 2.31 bits per heavy atom. The molecule has 0 amide bonds. The van der Waals surface area contributed by atoms with Crippen LogP contribution in [0.5, 0.6) is 5.75 Å². The maximum absolute atomic E-state index is 5.99. The van der Waals surface area contributed by atoms with Gasteiger partial charge in [0.05, 0.1) is 19.3 Å². The number of morpholine rings is 1. The van der Waals surface area contributed by atoms with Crippen LogP contribution in [0.25, 0.3) is 0 Å². The van der Waals surface area contributed by atoms with Crippen LogP contribution < -0.4 is 15.4 Å². The van der Waals surface area contributed by atoms with Crippen LogP contribution in [0.2, 0.25) is 0 Å². The van der Waals surface area contributed by atoms with E-state index in [-0.39, 0.29) is 12.2 Å². The molecule has 0 radical (unpaired) electrons. The third-order valence-corrected chi connectivity index (χ3v) is 5.07. The minimum absolute atomic E-state index is 0.0478. The highest BCUT2D eigenvalue weighted by molar-refractivity contribution is 5.79. The third kappa shape index (κ3) is 5.35. The summed E-state index contributed by atoms with van der Waals surface area (Å²) in [5.74, 6) is 1.69. The Hall–Kier alpha value is -1.79. The van der Waals surface area contributed by atoms with Crippen LogP contribution in [-0.2, 0) is 4.74 Å². The molecule has 0 saturated carbocycles. The summed E-state index contributed by atoms with van der Waals surface area (Å²) >= 11 is 0. The summed E-state index contributed by atoms with van der Waals surface area (Å²) in [6.45, 7) is 8.68. The topological polar surface area (TPSA) is 58.1 Å². The van der Waals surface area contributed by atoms with Crippen molar-refractivity contribution in [2.24, 2.45) is 4.99 Å². The summed E-state index contributed by atoms with van der Waals surface area (Å²) in [5, 5.41) is 6.71. The van der Waals surface area contributed by atoms with Crippen LogP contribution in [0.1, 0.15) is 25.3 Å². The Morgan fingerprint density at radius 1 is 1.42 bits per heavy atom. The van der Waals surface area contributed by atoms with Gasteiger partial charge in [-0.25, -0.2) is 0 Å². The summed E-state index contributed by atoms with van der Waals surface area (Å²) < 4.78 is 11.9. The SMILES string of the molecule is CN=C(NCC(C)Oc1cccc(C)c1)NCC1CN2CCCC2CO1. The molecule has 0 aliphatic carbocycles. The summed E-state index contributed by atoms with van der Waals surface area (Å²) in [6.07, 6.45) is 2.86. The molecule has 2 aliphatic heterocycles. The molecule has 2 heterocycles. The molecular formula is C20H32N4O2. The number of aliphatic imine (C=N–C) groups is 1. The predicted molar refractivity (Wildman–Crippen MR) is 105 cm³/mol. The van der Waals surface area contributed by atoms with Crippen LogP contribution in [0.15, 0.2) is 29.3 Å². The number of hydrogen-bond donors (Lipinski definition) is 2. The van der Waals surface area contributed by atoms with Gasteiger partial charge in [0, 0.05) is 26.2 Å². The fourth-order valence-corrected chi connectivity index (χ4v) is 3.64. The van der Waals surface area contributed by atoms with Crippen molar-refractivity contribution in [2.75, 3.05) is 39.8 Å². The molecule has 2 saturated heterocycles. The van der Waals surface area contributed by atoms with Crippen LogP contribution >= 0.6 is 0 Å². The first kappa shape index (κ1) is 19.0. The summed E-state index contributed by atoms with van der Waals surface area (Å²) in [6, 6.07) is 8.76. The fraction of sp³-hybridized carbons (Fsp3) is 0.650. The van der Waals surface area contributed by atoms with Gasteiger partial charge in [-0.15, -0.1) is 0 Å². The monoisotopic (exact) mass is 360 g/mol. The lowest BCUT2D eigenvalue weighted by atomic mass is 10.2. The first-order chi connectivity index (χ1) is 12.6. The van der Waals surface area contributed by atoms with E-state index in [9.17, 15) is 0 Å². The molecule has 3 unspecified atom stereocenters. The highest BCUT2D eigenvalue weighted by Crippen LogP contribution is 2.22. The van der Waals surface area contributed by atoms with E-state index >= 15 is 0 Å². The van der Waals surface area contributed by atoms with Gasteiger partial charge < -0.3 is 20.1 Å². The molecule has 144 valence electrons. The molecule has 26 heavy (non-hydrogen) atoms. The van der Waals surface area contributed by atoms with Crippen molar-refractivity contribution in [3.05, 3.63) is 29.8 Å². The maximum atomic E-state index is 5.99. The van der Waals surface area contributed by atoms with E-state index in [1.54, 1.807) is 7.05 Å². The number of nitrogens with zero attached hydrogens (tertiary/aromatic N) is 2. The summed E-state index contributed by atoms with van der Waals surface area (Å²) in [4.78, 5) is 6.86. The second-order valence-corrected chi connectivity index (χ2v) is 7.33. The maximum Gasteiger partial charge on any atom is 0.191 e. The van der Waals surface area contributed by atoms with Crippen molar-refractivity contribution in [3.63, 3.8) is 0 Å². The number of hydrogen-bond acceptors (Lipinski definition) is 4. The molecule has 0 aromatic heterocycles. The van der Waals surface area contributed by atoms with Crippen LogP contribution in [0, 0.1) is 6.92 Å². The van der Waals surface area contributed by atoms with E-state index < -0.39 is 0 Å². The fourth-order valence-electron chi connectivity index (χ4n) is 3.64. The normalized spacial score (nSPS) is 24.8. The first-order valence-electron chi connectivity index (χ1n) is 9.67. The van der Waals surface area contributed by atoms with Gasteiger partial charge in [0.25, 0.3) is 0 Å². The van der Waals surface area contributed by atoms with Crippen molar-refractivity contribution in [3.8, 4) is 5.75 Å². The van der Waals surface area contributed by atoms with Crippen molar-refractivity contribution in [1.29, 1.82) is 0 Å². The Labute approximate surface area is 157 Å². The Balaban J connectivity index is 1.37. The number of ether oxygens (including phenoxy) is 2. The predicted octanol–water partition coefficient (Wildman–Crippen LogP) is 1.79. The zero-order chi connectivity index (χ0) is 18.4. The van der Waals surface area contributed by atoms with Crippen molar-refractivity contribution in [1.82, 2.24) is 15.5 Å². The number of fused-ring (bicyclic) bond motifs is 1. The van der Waals surface area contributed by atoms with E-state index in [0.717, 1.165) is 31.4 Å². The number of guanidine groups is 1. The number of rotatable bonds is 6. The second kappa shape index (κ2) is 9.24. The van der Waals surface area contributed by atoms with Crippen LogP contribution in [-0.4, -0.2) is 68.9 Å². The molecule has 0 bridgehead atoms. The first-order valence-corrected chi connectivity index (χ1v) is 9.67. The molecule has 1 aromatic carbocycles. The van der Waals surface area contributed by atoms with E-state index in [2.05, 4.69) is 46.5 Å². The number of nitrogens with one attached hydrogen (secondary N) is 2. The molecule has 1 aromatic rings. The highest BCUT2D eigenvalue weighted by Gasteiger charge is 2.32. The van der Waals surface area contributed by atoms with Crippen LogP contribution in [0.4, 0.5) is 0 Å². The molecule has 0 spiro atoms. The van der Waals surface area contributed by atoms with Gasteiger partial charge in [-0.05, 0) is 50.9 Å². The molecule has 3 atom stereocenters. The third-order valence-electron chi connectivity index (χ3n) is 5.07. The zero-order valence-electron chi connectivity index (χ0n) is 16.2. The second-order valence-electron chi connectivity index (χ2n) is 7.33. The van der Waals surface area contributed by atoms with Gasteiger partial charge in [0.15, 0.2) is 5.96 Å². The van der Waals surface area contributed by atoms with Gasteiger partial charge >= 0.3 is 0 Å². The van der Waals surface area contributed by atoms with Crippen molar-refractivity contribution >= 4 is 5.96 Å².